The molecule has 21 heavy (non-hydrogen) atoms. The van der Waals surface area contributed by atoms with E-state index in [9.17, 15) is 9.18 Å². The second-order valence-corrected chi connectivity index (χ2v) is 5.58. The summed E-state index contributed by atoms with van der Waals surface area (Å²) in [6.07, 6.45) is 2.37. The van der Waals surface area contributed by atoms with E-state index in [0.29, 0.717) is 6.42 Å². The van der Waals surface area contributed by atoms with Crippen LogP contribution in [0.5, 0.6) is 0 Å². The minimum Gasteiger partial charge on any atom is -0.480 e. The van der Waals surface area contributed by atoms with Crippen LogP contribution in [0.2, 0.25) is 0 Å². The number of halogens is 1. The average Bonchev–Trinajstić information content (AvgIpc) is 2.48. The highest BCUT2D eigenvalue weighted by molar-refractivity contribution is 5.68. The van der Waals surface area contributed by atoms with E-state index in [1.807, 2.05) is 12.1 Å². The third-order valence-electron chi connectivity index (χ3n) is 4.02. The van der Waals surface area contributed by atoms with Gasteiger partial charge in [-0.1, -0.05) is 18.2 Å². The molecule has 1 aliphatic heterocycles. The Morgan fingerprint density at radius 3 is 2.71 bits per heavy atom. The van der Waals surface area contributed by atoms with Crippen LogP contribution < -0.4 is 0 Å². The summed E-state index contributed by atoms with van der Waals surface area (Å²) in [6.45, 7) is 3.60. The summed E-state index contributed by atoms with van der Waals surface area (Å²) in [7, 11) is 0. The van der Waals surface area contributed by atoms with Crippen molar-refractivity contribution in [3.63, 3.8) is 0 Å². The molecule has 0 saturated carbocycles. The van der Waals surface area contributed by atoms with E-state index in [4.69, 9.17) is 9.84 Å². The predicted octanol–water partition coefficient (Wildman–Crippen LogP) is 2.32. The van der Waals surface area contributed by atoms with E-state index >= 15 is 0 Å². The van der Waals surface area contributed by atoms with Crippen LogP contribution in [0.3, 0.4) is 0 Å². The van der Waals surface area contributed by atoms with Gasteiger partial charge in [0, 0.05) is 19.1 Å². The Bertz CT molecular complexity index is 472. The van der Waals surface area contributed by atoms with Gasteiger partial charge in [-0.2, -0.15) is 0 Å². The molecule has 0 amide bonds. The molecule has 116 valence electrons. The number of nitrogens with zero attached hydrogens (tertiary/aromatic N) is 1. The first-order chi connectivity index (χ1) is 10.1. The normalized spacial score (nSPS) is 18.6. The number of piperidine rings is 1. The summed E-state index contributed by atoms with van der Waals surface area (Å²) in [5.74, 6) is -1.07. The van der Waals surface area contributed by atoms with Crippen molar-refractivity contribution in [2.75, 3.05) is 19.7 Å². The molecule has 1 unspecified atom stereocenters. The Morgan fingerprint density at radius 1 is 1.43 bits per heavy atom. The van der Waals surface area contributed by atoms with Crippen molar-refractivity contribution in [3.8, 4) is 0 Å². The van der Waals surface area contributed by atoms with Crippen LogP contribution in [0.4, 0.5) is 4.39 Å². The third kappa shape index (κ3) is 4.79. The maximum atomic E-state index is 13.7. The molecule has 0 spiro atoms. The minimum absolute atomic E-state index is 0.0259. The molecule has 1 fully saturated rings. The van der Waals surface area contributed by atoms with E-state index in [1.54, 1.807) is 6.07 Å². The maximum absolute atomic E-state index is 13.7. The number of aliphatic carboxylic acids is 1. The molecule has 0 bridgehead atoms. The van der Waals surface area contributed by atoms with Gasteiger partial charge in [-0.05, 0) is 37.8 Å². The minimum atomic E-state index is -0.926. The zero-order chi connectivity index (χ0) is 15.2. The van der Waals surface area contributed by atoms with Crippen molar-refractivity contribution in [1.82, 2.24) is 4.90 Å². The van der Waals surface area contributed by atoms with E-state index < -0.39 is 5.97 Å². The van der Waals surface area contributed by atoms with Crippen molar-refractivity contribution in [1.29, 1.82) is 0 Å². The molecule has 1 saturated heterocycles. The predicted molar refractivity (Wildman–Crippen MR) is 77.7 cm³/mol. The number of hydrogen-bond donors (Lipinski definition) is 1. The van der Waals surface area contributed by atoms with Crippen molar-refractivity contribution >= 4 is 5.97 Å². The molecule has 1 N–H and O–H groups in total. The summed E-state index contributed by atoms with van der Waals surface area (Å²) >= 11 is 0. The molecule has 1 aliphatic rings. The largest absolute Gasteiger partial charge is 0.480 e. The van der Waals surface area contributed by atoms with Gasteiger partial charge in [0.1, 0.15) is 12.4 Å². The van der Waals surface area contributed by atoms with Gasteiger partial charge in [0.2, 0.25) is 0 Å². The van der Waals surface area contributed by atoms with Gasteiger partial charge in [0.05, 0.1) is 6.10 Å². The van der Waals surface area contributed by atoms with Gasteiger partial charge in [-0.15, -0.1) is 0 Å². The van der Waals surface area contributed by atoms with Gasteiger partial charge in [0.25, 0.3) is 0 Å². The molecule has 1 aromatic carbocycles. The number of carbonyl (C=O) groups is 1. The molecule has 2 rings (SSSR count). The summed E-state index contributed by atoms with van der Waals surface area (Å²) in [5.41, 5.74) is 0.745. The molecule has 0 radical (unpaired) electrons. The number of likely N-dealkylation sites (tertiary alicyclic amines) is 1. The van der Waals surface area contributed by atoms with Gasteiger partial charge in [-0.25, -0.2) is 9.18 Å². The van der Waals surface area contributed by atoms with Crippen LogP contribution in [0.1, 0.15) is 25.3 Å². The topological polar surface area (TPSA) is 49.8 Å². The van der Waals surface area contributed by atoms with Gasteiger partial charge < -0.3 is 14.7 Å². The zero-order valence-corrected chi connectivity index (χ0v) is 12.3. The lowest BCUT2D eigenvalue weighted by molar-refractivity contribution is -0.145. The summed E-state index contributed by atoms with van der Waals surface area (Å²) in [6, 6.07) is 7.15. The van der Waals surface area contributed by atoms with Crippen LogP contribution in [-0.4, -0.2) is 47.8 Å². The highest BCUT2D eigenvalue weighted by atomic mass is 19.1. The SMILES string of the molecule is CC(Cc1ccccc1F)N1CCC(OCC(=O)O)CC1. The smallest absolute Gasteiger partial charge is 0.329 e. The number of carboxylic acids is 1. The highest BCUT2D eigenvalue weighted by Crippen LogP contribution is 2.19. The Kier molecular flexibility index (Phi) is 5.70. The molecule has 0 aliphatic carbocycles. The molecule has 1 atom stereocenters. The lowest BCUT2D eigenvalue weighted by Gasteiger charge is -2.35. The van der Waals surface area contributed by atoms with Gasteiger partial charge in [-0.3, -0.25) is 0 Å². The second kappa shape index (κ2) is 7.52. The van der Waals surface area contributed by atoms with Crippen molar-refractivity contribution in [3.05, 3.63) is 35.6 Å². The molecular formula is C16H22FNO3. The molecule has 0 aromatic heterocycles. The summed E-state index contributed by atoms with van der Waals surface area (Å²) < 4.78 is 19.0. The fourth-order valence-electron chi connectivity index (χ4n) is 2.78. The summed E-state index contributed by atoms with van der Waals surface area (Å²) in [4.78, 5) is 12.8. The first kappa shape index (κ1) is 15.9. The van der Waals surface area contributed by atoms with E-state index in [0.717, 1.165) is 31.5 Å². The Balaban J connectivity index is 1.79. The molecular weight excluding hydrogens is 273 g/mol. The number of ether oxygens (including phenoxy) is 1. The molecule has 1 heterocycles. The summed E-state index contributed by atoms with van der Waals surface area (Å²) in [5, 5.41) is 8.60. The average molecular weight is 295 g/mol. The quantitative estimate of drug-likeness (QED) is 0.875. The Labute approximate surface area is 124 Å². The third-order valence-corrected chi connectivity index (χ3v) is 4.02. The van der Waals surface area contributed by atoms with Crippen LogP contribution in [0.25, 0.3) is 0 Å². The molecule has 5 heteroatoms. The number of hydrogen-bond acceptors (Lipinski definition) is 3. The molecule has 4 nitrogen and oxygen atoms in total. The number of rotatable bonds is 6. The monoisotopic (exact) mass is 295 g/mol. The standard InChI is InChI=1S/C16H22FNO3/c1-12(10-13-4-2-3-5-15(13)17)18-8-6-14(7-9-18)21-11-16(19)20/h2-5,12,14H,6-11H2,1H3,(H,19,20). The lowest BCUT2D eigenvalue weighted by atomic mass is 10.0. The van der Waals surface area contributed by atoms with Gasteiger partial charge in [0.15, 0.2) is 0 Å². The highest BCUT2D eigenvalue weighted by Gasteiger charge is 2.24. The van der Waals surface area contributed by atoms with Crippen LogP contribution in [-0.2, 0) is 16.0 Å². The maximum Gasteiger partial charge on any atom is 0.329 e. The Morgan fingerprint density at radius 2 is 2.10 bits per heavy atom. The van der Waals surface area contributed by atoms with Crippen molar-refractivity contribution in [2.45, 2.75) is 38.3 Å². The lowest BCUT2D eigenvalue weighted by Crippen LogP contribution is -2.43. The zero-order valence-electron chi connectivity index (χ0n) is 12.3. The van der Waals surface area contributed by atoms with Crippen LogP contribution in [0.15, 0.2) is 24.3 Å². The van der Waals surface area contributed by atoms with Gasteiger partial charge >= 0.3 is 5.97 Å². The van der Waals surface area contributed by atoms with Crippen LogP contribution >= 0.6 is 0 Å². The fraction of sp³-hybridized carbons (Fsp3) is 0.562. The van der Waals surface area contributed by atoms with Crippen molar-refractivity contribution < 1.29 is 19.0 Å². The first-order valence-electron chi connectivity index (χ1n) is 7.37. The second-order valence-electron chi connectivity index (χ2n) is 5.58. The van der Waals surface area contributed by atoms with Crippen LogP contribution in [0, 0.1) is 5.82 Å². The fourth-order valence-corrected chi connectivity index (χ4v) is 2.78. The molecule has 1 aromatic rings. The van der Waals surface area contributed by atoms with E-state index in [1.165, 1.54) is 6.07 Å². The van der Waals surface area contributed by atoms with E-state index in [2.05, 4.69) is 11.8 Å². The van der Waals surface area contributed by atoms with E-state index in [-0.39, 0.29) is 24.6 Å². The number of carboxylic acid groups (broad SMARTS) is 1. The first-order valence-corrected chi connectivity index (χ1v) is 7.37. The van der Waals surface area contributed by atoms with Crippen molar-refractivity contribution in [2.24, 2.45) is 0 Å². The Hall–Kier alpha value is -1.46. The number of benzene rings is 1.